The molecule has 4 heteroatoms. The van der Waals surface area contributed by atoms with Gasteiger partial charge in [-0.3, -0.25) is 10.2 Å². The predicted octanol–water partition coefficient (Wildman–Crippen LogP) is 2.09. The number of ether oxygens (including phenoxy) is 1. The van der Waals surface area contributed by atoms with E-state index in [-0.39, 0.29) is 11.8 Å². The normalized spacial score (nSPS) is 48.1. The molecule has 4 aliphatic rings. The van der Waals surface area contributed by atoms with Crippen molar-refractivity contribution in [2.24, 2.45) is 11.8 Å². The van der Waals surface area contributed by atoms with Gasteiger partial charge in [0.25, 0.3) is 0 Å². The first-order valence-corrected chi connectivity index (χ1v) is 7.23. The maximum atomic E-state index is 12.5. The number of carbonyl (C=O) groups excluding carboxylic acids is 1. The Balaban J connectivity index is 1.65. The first-order chi connectivity index (χ1) is 8.43. The molecule has 3 saturated heterocycles. The highest BCUT2D eigenvalue weighted by Crippen LogP contribution is 2.67. The van der Waals surface area contributed by atoms with Gasteiger partial charge in [-0.1, -0.05) is 0 Å². The first-order valence-electron chi connectivity index (χ1n) is 7.23. The number of nitrogens with one attached hydrogen (secondary N) is 1. The summed E-state index contributed by atoms with van der Waals surface area (Å²) in [5.74, 6) is 1.38. The standard InChI is InChI=1S/C14H22N2O2/c1-13(2,3)18-12(17)16-11-7-5-9-8-4-6-10(11)15-14(8,9)16/h8-11,15H,4-7H2,1-3H3. The Morgan fingerprint density at radius 2 is 1.89 bits per heavy atom. The zero-order chi connectivity index (χ0) is 12.7. The number of hydrogen-bond acceptors (Lipinski definition) is 3. The van der Waals surface area contributed by atoms with Crippen LogP contribution in [0.1, 0.15) is 46.5 Å². The number of carbonyl (C=O) groups is 1. The summed E-state index contributed by atoms with van der Waals surface area (Å²) in [6.07, 6.45) is 4.86. The van der Waals surface area contributed by atoms with Crippen LogP contribution in [0.2, 0.25) is 0 Å². The highest BCUT2D eigenvalue weighted by atomic mass is 16.6. The Morgan fingerprint density at radius 1 is 1.22 bits per heavy atom. The average Bonchev–Trinajstić information content (AvgIpc) is 2.85. The van der Waals surface area contributed by atoms with E-state index in [4.69, 9.17) is 4.74 Å². The summed E-state index contributed by atoms with van der Waals surface area (Å²) in [6.45, 7) is 5.84. The number of rotatable bonds is 0. The van der Waals surface area contributed by atoms with Crippen molar-refractivity contribution in [1.82, 2.24) is 10.2 Å². The molecule has 1 amide bonds. The van der Waals surface area contributed by atoms with Crippen LogP contribution < -0.4 is 5.32 Å². The van der Waals surface area contributed by atoms with Gasteiger partial charge in [0.15, 0.2) is 0 Å². The fourth-order valence-electron chi connectivity index (χ4n) is 4.75. The molecule has 4 rings (SSSR count). The molecule has 4 nitrogen and oxygen atoms in total. The van der Waals surface area contributed by atoms with Crippen LogP contribution in [0, 0.1) is 11.8 Å². The zero-order valence-corrected chi connectivity index (χ0v) is 11.4. The second kappa shape index (κ2) is 3.03. The van der Waals surface area contributed by atoms with Crippen molar-refractivity contribution in [2.45, 2.75) is 69.8 Å². The maximum Gasteiger partial charge on any atom is 0.412 e. The minimum Gasteiger partial charge on any atom is -0.444 e. The summed E-state index contributed by atoms with van der Waals surface area (Å²) in [6, 6.07) is 0.893. The van der Waals surface area contributed by atoms with Crippen molar-refractivity contribution in [3.8, 4) is 0 Å². The lowest BCUT2D eigenvalue weighted by Gasteiger charge is -2.35. The van der Waals surface area contributed by atoms with Gasteiger partial charge in [0.2, 0.25) is 0 Å². The van der Waals surface area contributed by atoms with E-state index in [1.807, 2.05) is 20.8 Å². The molecule has 3 aliphatic heterocycles. The quantitative estimate of drug-likeness (QED) is 0.716. The molecule has 3 bridgehead atoms. The smallest absolute Gasteiger partial charge is 0.412 e. The second-order valence-corrected chi connectivity index (χ2v) is 7.36. The number of piperidine rings is 2. The molecule has 100 valence electrons. The van der Waals surface area contributed by atoms with Crippen LogP contribution in [0.3, 0.4) is 0 Å². The van der Waals surface area contributed by atoms with Crippen LogP contribution in [0.4, 0.5) is 4.79 Å². The number of fused-ring (bicyclic) bond motifs is 4. The van der Waals surface area contributed by atoms with Gasteiger partial charge < -0.3 is 4.74 Å². The van der Waals surface area contributed by atoms with Gasteiger partial charge in [-0.2, -0.15) is 0 Å². The Bertz CT molecular complexity index is 405. The number of nitrogens with zero attached hydrogens (tertiary/aromatic N) is 1. The van der Waals surface area contributed by atoms with Gasteiger partial charge in [0.1, 0.15) is 11.3 Å². The Hall–Kier alpha value is -0.770. The van der Waals surface area contributed by atoms with Gasteiger partial charge in [-0.15, -0.1) is 0 Å². The molecule has 0 aromatic heterocycles. The summed E-state index contributed by atoms with van der Waals surface area (Å²) in [5, 5.41) is 3.74. The third kappa shape index (κ3) is 1.18. The minimum absolute atomic E-state index is 0.00579. The largest absolute Gasteiger partial charge is 0.444 e. The average molecular weight is 250 g/mol. The van der Waals surface area contributed by atoms with Crippen LogP contribution >= 0.6 is 0 Å². The molecule has 18 heavy (non-hydrogen) atoms. The highest BCUT2D eigenvalue weighted by Gasteiger charge is 2.78. The fraction of sp³-hybridized carbons (Fsp3) is 0.929. The molecule has 0 aromatic carbocycles. The molecule has 1 aliphatic carbocycles. The summed E-state index contributed by atoms with van der Waals surface area (Å²) in [5.41, 5.74) is -0.401. The van der Waals surface area contributed by atoms with E-state index in [1.165, 1.54) is 19.3 Å². The van der Waals surface area contributed by atoms with E-state index >= 15 is 0 Å². The summed E-state index contributed by atoms with van der Waals surface area (Å²) < 4.78 is 5.62. The Labute approximate surface area is 108 Å². The molecule has 1 spiro atoms. The highest BCUT2D eigenvalue weighted by molar-refractivity contribution is 5.72. The van der Waals surface area contributed by atoms with E-state index in [9.17, 15) is 4.79 Å². The molecular weight excluding hydrogens is 228 g/mol. The SMILES string of the molecule is CC(C)(C)OC(=O)N1C2CCC3C4CCC2NC431. The van der Waals surface area contributed by atoms with Crippen LogP contribution in [-0.2, 0) is 4.74 Å². The topological polar surface area (TPSA) is 41.6 Å². The van der Waals surface area contributed by atoms with Gasteiger partial charge in [-0.25, -0.2) is 4.79 Å². The van der Waals surface area contributed by atoms with Gasteiger partial charge in [0, 0.05) is 17.9 Å². The van der Waals surface area contributed by atoms with Crippen molar-refractivity contribution in [3.63, 3.8) is 0 Å². The summed E-state index contributed by atoms with van der Waals surface area (Å²) >= 11 is 0. The molecule has 0 aromatic rings. The molecule has 3 heterocycles. The zero-order valence-electron chi connectivity index (χ0n) is 11.4. The molecule has 5 atom stereocenters. The lowest BCUT2D eigenvalue weighted by atomic mass is 9.93. The molecular formula is C14H22N2O2. The van der Waals surface area contributed by atoms with Crippen molar-refractivity contribution < 1.29 is 9.53 Å². The van der Waals surface area contributed by atoms with E-state index in [0.717, 1.165) is 6.42 Å². The van der Waals surface area contributed by atoms with Crippen molar-refractivity contribution >= 4 is 6.09 Å². The van der Waals surface area contributed by atoms with Crippen LogP contribution in [-0.4, -0.2) is 34.3 Å². The maximum absolute atomic E-state index is 12.5. The van der Waals surface area contributed by atoms with Crippen LogP contribution in [0.15, 0.2) is 0 Å². The van der Waals surface area contributed by atoms with E-state index in [1.54, 1.807) is 0 Å². The molecule has 1 saturated carbocycles. The lowest BCUT2D eigenvalue weighted by molar-refractivity contribution is 0.00205. The summed E-state index contributed by atoms with van der Waals surface area (Å²) in [4.78, 5) is 14.6. The van der Waals surface area contributed by atoms with Crippen LogP contribution in [0.5, 0.6) is 0 Å². The van der Waals surface area contributed by atoms with Crippen molar-refractivity contribution in [2.75, 3.05) is 0 Å². The van der Waals surface area contributed by atoms with Gasteiger partial charge >= 0.3 is 6.09 Å². The van der Waals surface area contributed by atoms with Crippen molar-refractivity contribution in [3.05, 3.63) is 0 Å². The summed E-state index contributed by atoms with van der Waals surface area (Å²) in [7, 11) is 0. The van der Waals surface area contributed by atoms with Crippen LogP contribution in [0.25, 0.3) is 0 Å². The Morgan fingerprint density at radius 3 is 2.56 bits per heavy atom. The minimum atomic E-state index is -0.395. The molecule has 5 unspecified atom stereocenters. The number of hydrogen-bond donors (Lipinski definition) is 1. The van der Waals surface area contributed by atoms with E-state index in [2.05, 4.69) is 10.2 Å². The monoisotopic (exact) mass is 250 g/mol. The van der Waals surface area contributed by atoms with Gasteiger partial charge in [-0.05, 0) is 46.5 Å². The molecule has 0 radical (unpaired) electrons. The molecule has 1 N–H and O–H groups in total. The first kappa shape index (κ1) is 11.1. The van der Waals surface area contributed by atoms with E-state index < -0.39 is 5.60 Å². The Kier molecular flexibility index (Phi) is 1.87. The molecule has 4 fully saturated rings. The predicted molar refractivity (Wildman–Crippen MR) is 67.0 cm³/mol. The van der Waals surface area contributed by atoms with Gasteiger partial charge in [0.05, 0.1) is 6.04 Å². The fourth-order valence-corrected chi connectivity index (χ4v) is 4.75. The lowest BCUT2D eigenvalue weighted by Crippen LogP contribution is -2.51. The number of amides is 1. The third-order valence-electron chi connectivity index (χ3n) is 5.27. The third-order valence-corrected chi connectivity index (χ3v) is 5.27. The second-order valence-electron chi connectivity index (χ2n) is 7.36. The van der Waals surface area contributed by atoms with E-state index in [0.29, 0.717) is 23.9 Å². The van der Waals surface area contributed by atoms with Crippen molar-refractivity contribution in [1.29, 1.82) is 0 Å².